The van der Waals surface area contributed by atoms with Crippen LogP contribution in [0.3, 0.4) is 0 Å². The highest BCUT2D eigenvalue weighted by molar-refractivity contribution is 6.31. The topological polar surface area (TPSA) is 17.1 Å². The van der Waals surface area contributed by atoms with E-state index < -0.39 is 0 Å². The lowest BCUT2D eigenvalue weighted by Gasteiger charge is -2.09. The number of carbonyl (C=O) groups is 1. The fraction of sp³-hybridized carbons (Fsp3) is 0.105. The van der Waals surface area contributed by atoms with Crippen molar-refractivity contribution < 1.29 is 4.79 Å². The van der Waals surface area contributed by atoms with Crippen molar-refractivity contribution in [2.24, 2.45) is 0 Å². The van der Waals surface area contributed by atoms with E-state index in [1.807, 2.05) is 54.6 Å². The highest BCUT2D eigenvalue weighted by Crippen LogP contribution is 2.24. The number of Topliss-reactive ketones (excluding diaryl/α,β-unsaturated/α-hetero) is 1. The lowest BCUT2D eigenvalue weighted by Crippen LogP contribution is -2.05. The fourth-order valence-electron chi connectivity index (χ4n) is 2.60. The second kappa shape index (κ2) is 5.71. The zero-order chi connectivity index (χ0) is 14.8. The molecule has 0 fully saturated rings. The summed E-state index contributed by atoms with van der Waals surface area (Å²) in [4.78, 5) is 12.6. The molecule has 0 bridgehead atoms. The summed E-state index contributed by atoms with van der Waals surface area (Å²) in [6, 6.07) is 19.4. The number of hydrogen-bond acceptors (Lipinski definition) is 1. The van der Waals surface area contributed by atoms with E-state index in [-0.39, 0.29) is 5.78 Å². The number of benzene rings is 3. The van der Waals surface area contributed by atoms with E-state index in [0.29, 0.717) is 11.4 Å². The molecule has 0 N–H and O–H groups in total. The first kappa shape index (κ1) is 13.8. The molecule has 0 aliphatic carbocycles. The van der Waals surface area contributed by atoms with Gasteiger partial charge in [0.2, 0.25) is 0 Å². The number of hydrogen-bond donors (Lipinski definition) is 0. The van der Waals surface area contributed by atoms with Crippen molar-refractivity contribution in [3.05, 3.63) is 82.4 Å². The van der Waals surface area contributed by atoms with Crippen LogP contribution < -0.4 is 0 Å². The first-order chi connectivity index (χ1) is 10.2. The van der Waals surface area contributed by atoms with Crippen LogP contribution in [0.4, 0.5) is 0 Å². The van der Waals surface area contributed by atoms with Crippen molar-refractivity contribution >= 4 is 28.2 Å². The normalized spacial score (nSPS) is 10.8. The van der Waals surface area contributed by atoms with Crippen LogP contribution in [0.25, 0.3) is 10.8 Å². The standard InChI is InChI=1S/C19H15ClO/c1-13-10-11-17(16-8-4-3-7-15(13)16)19(21)12-14-6-2-5-9-18(14)20/h2-11H,12H2,1H3. The number of rotatable bonds is 3. The summed E-state index contributed by atoms with van der Waals surface area (Å²) in [5.74, 6) is 0.0966. The highest BCUT2D eigenvalue weighted by atomic mass is 35.5. The minimum Gasteiger partial charge on any atom is -0.294 e. The van der Waals surface area contributed by atoms with Gasteiger partial charge in [-0.1, -0.05) is 66.2 Å². The molecule has 0 saturated carbocycles. The molecule has 0 amide bonds. The zero-order valence-electron chi connectivity index (χ0n) is 11.8. The van der Waals surface area contributed by atoms with Crippen molar-refractivity contribution in [2.45, 2.75) is 13.3 Å². The minimum atomic E-state index is 0.0966. The molecule has 3 aromatic rings. The number of aryl methyl sites for hydroxylation is 1. The molecule has 1 nitrogen and oxygen atoms in total. The van der Waals surface area contributed by atoms with Crippen molar-refractivity contribution in [3.63, 3.8) is 0 Å². The predicted octanol–water partition coefficient (Wildman–Crippen LogP) is 5.23. The lowest BCUT2D eigenvalue weighted by atomic mass is 9.95. The van der Waals surface area contributed by atoms with E-state index in [2.05, 4.69) is 13.0 Å². The molecule has 104 valence electrons. The van der Waals surface area contributed by atoms with Gasteiger partial charge in [-0.15, -0.1) is 0 Å². The van der Waals surface area contributed by atoms with E-state index >= 15 is 0 Å². The van der Waals surface area contributed by atoms with Crippen molar-refractivity contribution in [1.82, 2.24) is 0 Å². The Morgan fingerprint density at radius 1 is 0.905 bits per heavy atom. The quantitative estimate of drug-likeness (QED) is 0.605. The fourth-order valence-corrected chi connectivity index (χ4v) is 2.81. The summed E-state index contributed by atoms with van der Waals surface area (Å²) in [6.45, 7) is 2.06. The lowest BCUT2D eigenvalue weighted by molar-refractivity contribution is 0.0994. The first-order valence-corrected chi connectivity index (χ1v) is 7.29. The summed E-state index contributed by atoms with van der Waals surface area (Å²) >= 11 is 6.15. The third-order valence-electron chi connectivity index (χ3n) is 3.75. The van der Waals surface area contributed by atoms with Gasteiger partial charge in [-0.05, 0) is 34.9 Å². The van der Waals surface area contributed by atoms with Gasteiger partial charge in [0.1, 0.15) is 0 Å². The van der Waals surface area contributed by atoms with Gasteiger partial charge in [0, 0.05) is 17.0 Å². The Hall–Kier alpha value is -2.12. The maximum absolute atomic E-state index is 12.6. The second-order valence-corrected chi connectivity index (χ2v) is 5.57. The predicted molar refractivity (Wildman–Crippen MR) is 88.2 cm³/mol. The van der Waals surface area contributed by atoms with E-state index in [0.717, 1.165) is 21.9 Å². The average molecular weight is 295 g/mol. The van der Waals surface area contributed by atoms with Crippen LogP contribution in [0, 0.1) is 6.92 Å². The van der Waals surface area contributed by atoms with Gasteiger partial charge in [-0.2, -0.15) is 0 Å². The number of halogens is 1. The summed E-state index contributed by atoms with van der Waals surface area (Å²) < 4.78 is 0. The summed E-state index contributed by atoms with van der Waals surface area (Å²) in [7, 11) is 0. The monoisotopic (exact) mass is 294 g/mol. The SMILES string of the molecule is Cc1ccc(C(=O)Cc2ccccc2Cl)c2ccccc12. The molecule has 0 aromatic heterocycles. The van der Waals surface area contributed by atoms with E-state index in [1.165, 1.54) is 5.56 Å². The van der Waals surface area contributed by atoms with Crippen LogP contribution in [-0.2, 0) is 6.42 Å². The Balaban J connectivity index is 2.03. The van der Waals surface area contributed by atoms with Crippen LogP contribution >= 0.6 is 11.6 Å². The van der Waals surface area contributed by atoms with Crippen LogP contribution in [-0.4, -0.2) is 5.78 Å². The molecule has 0 radical (unpaired) electrons. The molecule has 0 heterocycles. The van der Waals surface area contributed by atoms with Crippen molar-refractivity contribution in [3.8, 4) is 0 Å². The van der Waals surface area contributed by atoms with Gasteiger partial charge in [-0.3, -0.25) is 4.79 Å². The number of fused-ring (bicyclic) bond motifs is 1. The molecule has 0 unspecified atom stereocenters. The van der Waals surface area contributed by atoms with E-state index in [9.17, 15) is 4.79 Å². The van der Waals surface area contributed by atoms with Crippen molar-refractivity contribution in [1.29, 1.82) is 0 Å². The molecule has 0 atom stereocenters. The Morgan fingerprint density at radius 2 is 1.57 bits per heavy atom. The van der Waals surface area contributed by atoms with Gasteiger partial charge in [0.15, 0.2) is 5.78 Å². The van der Waals surface area contributed by atoms with Gasteiger partial charge < -0.3 is 0 Å². The Kier molecular flexibility index (Phi) is 3.76. The molecular formula is C19H15ClO. The summed E-state index contributed by atoms with van der Waals surface area (Å²) in [5, 5.41) is 2.78. The largest absolute Gasteiger partial charge is 0.294 e. The number of ketones is 1. The van der Waals surface area contributed by atoms with E-state index in [1.54, 1.807) is 0 Å². The van der Waals surface area contributed by atoms with Crippen LogP contribution in [0.1, 0.15) is 21.5 Å². The molecule has 0 saturated heterocycles. The van der Waals surface area contributed by atoms with Gasteiger partial charge in [0.25, 0.3) is 0 Å². The summed E-state index contributed by atoms with van der Waals surface area (Å²) in [6.07, 6.45) is 0.326. The minimum absolute atomic E-state index is 0.0966. The molecule has 3 rings (SSSR count). The smallest absolute Gasteiger partial charge is 0.167 e. The second-order valence-electron chi connectivity index (χ2n) is 5.17. The van der Waals surface area contributed by atoms with E-state index in [4.69, 9.17) is 11.6 Å². The molecule has 0 aliphatic heterocycles. The third-order valence-corrected chi connectivity index (χ3v) is 4.12. The number of carbonyl (C=O) groups excluding carboxylic acids is 1. The maximum Gasteiger partial charge on any atom is 0.167 e. The average Bonchev–Trinajstić information content (AvgIpc) is 2.50. The van der Waals surface area contributed by atoms with Crippen LogP contribution in [0.5, 0.6) is 0 Å². The molecule has 0 spiro atoms. The van der Waals surface area contributed by atoms with Crippen LogP contribution in [0.15, 0.2) is 60.7 Å². The Labute approximate surface area is 129 Å². The Bertz CT molecular complexity index is 821. The maximum atomic E-state index is 12.6. The molecule has 21 heavy (non-hydrogen) atoms. The molecule has 0 aliphatic rings. The zero-order valence-corrected chi connectivity index (χ0v) is 12.5. The third kappa shape index (κ3) is 2.70. The molecule has 2 heteroatoms. The molecular weight excluding hydrogens is 280 g/mol. The highest BCUT2D eigenvalue weighted by Gasteiger charge is 2.13. The summed E-state index contributed by atoms with van der Waals surface area (Å²) in [5.41, 5.74) is 2.81. The first-order valence-electron chi connectivity index (χ1n) is 6.92. The Morgan fingerprint density at radius 3 is 2.33 bits per heavy atom. The van der Waals surface area contributed by atoms with Gasteiger partial charge >= 0.3 is 0 Å². The van der Waals surface area contributed by atoms with Gasteiger partial charge in [0.05, 0.1) is 0 Å². The van der Waals surface area contributed by atoms with Crippen LogP contribution in [0.2, 0.25) is 5.02 Å². The van der Waals surface area contributed by atoms with Gasteiger partial charge in [-0.25, -0.2) is 0 Å². The molecule has 3 aromatic carbocycles. The van der Waals surface area contributed by atoms with Crippen molar-refractivity contribution in [2.75, 3.05) is 0 Å².